The smallest absolute Gasteiger partial charge is 0.312 e. The predicted molar refractivity (Wildman–Crippen MR) is 278 cm³/mol. The van der Waals surface area contributed by atoms with Gasteiger partial charge in [-0.25, -0.2) is 0 Å². The van der Waals surface area contributed by atoms with Crippen molar-refractivity contribution in [2.24, 2.45) is 104 Å². The first kappa shape index (κ1) is 51.5. The van der Waals surface area contributed by atoms with Crippen molar-refractivity contribution in [3.05, 3.63) is 34.9 Å². The maximum Gasteiger partial charge on any atom is 0.312 e. The molecule has 9 rings (SSSR count). The Morgan fingerprint density at radius 1 is 0.449 bits per heavy atom. The van der Waals surface area contributed by atoms with E-state index in [0.29, 0.717) is 53.3 Å². The normalized spacial score (nSPS) is 44.4. The van der Waals surface area contributed by atoms with E-state index in [1.807, 2.05) is 0 Å². The minimum Gasteiger partial charge on any atom is -0.461 e. The van der Waals surface area contributed by atoms with E-state index in [-0.39, 0.29) is 65.1 Å². The molecule has 0 aromatic carbocycles. The molecule has 386 valence electrons. The SMILES string of the molecule is CC(C)C1C=C2CCC3C(C)(C(=O)OCC(COC(=O)C4(C)CCCC5(C)C6CCC(C(C)C)C=C6CCC45)OC(=O)C4(C)CCCC5(C)C6CCC(C(C)C)C=C6CCC45)CCCC3(C)C2CC1. The van der Waals surface area contributed by atoms with Gasteiger partial charge in [0.1, 0.15) is 13.2 Å². The predicted octanol–water partition coefficient (Wildman–Crippen LogP) is 15.6. The lowest BCUT2D eigenvalue weighted by Crippen LogP contribution is -2.56. The minimum atomic E-state index is -0.868. The summed E-state index contributed by atoms with van der Waals surface area (Å²) in [4.78, 5) is 45.0. The van der Waals surface area contributed by atoms with Crippen LogP contribution >= 0.6 is 0 Å². The largest absolute Gasteiger partial charge is 0.461 e. The number of carbonyl (C=O) groups excluding carboxylic acids is 3. The number of hydrogen-bond donors (Lipinski definition) is 0. The second-order valence-electron chi connectivity index (χ2n) is 28.2. The third-order valence-electron chi connectivity index (χ3n) is 23.5. The summed E-state index contributed by atoms with van der Waals surface area (Å²) in [6.07, 6.45) is 29.4. The van der Waals surface area contributed by atoms with E-state index in [9.17, 15) is 9.59 Å². The molecule has 0 aromatic heterocycles. The molecule has 0 radical (unpaired) electrons. The Morgan fingerprint density at radius 3 is 1.06 bits per heavy atom. The summed E-state index contributed by atoms with van der Waals surface area (Å²) in [5.41, 5.74) is 3.13. The number of hydrogen-bond acceptors (Lipinski definition) is 6. The lowest BCUT2D eigenvalue weighted by Gasteiger charge is -2.59. The molecular weight excluding hydrogens is 853 g/mol. The molecule has 15 unspecified atom stereocenters. The number of esters is 3. The zero-order valence-electron chi connectivity index (χ0n) is 46.0. The Morgan fingerprint density at radius 2 is 0.754 bits per heavy atom. The highest BCUT2D eigenvalue weighted by Gasteiger charge is 2.62. The average molecular weight is 951 g/mol. The molecule has 69 heavy (non-hydrogen) atoms. The van der Waals surface area contributed by atoms with E-state index in [0.717, 1.165) is 96.3 Å². The Kier molecular flexibility index (Phi) is 14.3. The molecule has 9 aliphatic carbocycles. The Bertz CT molecular complexity index is 1950. The molecular formula is C63H98O6. The number of carbonyl (C=O) groups is 3. The molecule has 0 aromatic rings. The third kappa shape index (κ3) is 8.81. The maximum atomic E-state index is 15.2. The molecule has 6 saturated carbocycles. The van der Waals surface area contributed by atoms with Gasteiger partial charge in [0.2, 0.25) is 0 Å². The van der Waals surface area contributed by atoms with E-state index in [4.69, 9.17) is 14.2 Å². The van der Waals surface area contributed by atoms with E-state index in [1.54, 1.807) is 16.7 Å². The van der Waals surface area contributed by atoms with Gasteiger partial charge in [0.05, 0.1) is 16.2 Å². The van der Waals surface area contributed by atoms with Crippen LogP contribution in [0.1, 0.15) is 218 Å². The molecule has 0 saturated heterocycles. The highest BCUT2D eigenvalue weighted by molar-refractivity contribution is 5.79. The van der Waals surface area contributed by atoms with Gasteiger partial charge in [0.25, 0.3) is 0 Å². The minimum absolute atomic E-state index is 0.0308. The quantitative estimate of drug-likeness (QED) is 0.117. The van der Waals surface area contributed by atoms with E-state index in [2.05, 4.69) is 101 Å². The van der Waals surface area contributed by atoms with Gasteiger partial charge in [-0.15, -0.1) is 0 Å². The van der Waals surface area contributed by atoms with Crippen LogP contribution in [0.4, 0.5) is 0 Å². The molecule has 0 bridgehead atoms. The lowest BCUT2D eigenvalue weighted by molar-refractivity contribution is -0.194. The van der Waals surface area contributed by atoms with Crippen LogP contribution in [0.25, 0.3) is 0 Å². The van der Waals surface area contributed by atoms with Crippen molar-refractivity contribution >= 4 is 17.9 Å². The Balaban J connectivity index is 0.946. The molecule has 0 aliphatic heterocycles. The number of fused-ring (bicyclic) bond motifs is 9. The van der Waals surface area contributed by atoms with Gasteiger partial charge < -0.3 is 14.2 Å². The van der Waals surface area contributed by atoms with Gasteiger partial charge in [-0.1, -0.05) is 117 Å². The number of rotatable bonds is 11. The molecule has 6 heteroatoms. The first-order valence-electron chi connectivity index (χ1n) is 29.3. The summed E-state index contributed by atoms with van der Waals surface area (Å²) in [5.74, 6) is 5.60. The van der Waals surface area contributed by atoms with Crippen LogP contribution < -0.4 is 0 Å². The van der Waals surface area contributed by atoms with Crippen molar-refractivity contribution in [2.75, 3.05) is 13.2 Å². The van der Waals surface area contributed by atoms with Crippen LogP contribution in [0, 0.1) is 104 Å². The summed E-state index contributed by atoms with van der Waals surface area (Å²) in [6.45, 7) is 27.9. The van der Waals surface area contributed by atoms with Gasteiger partial charge in [0.15, 0.2) is 6.10 Å². The summed E-state index contributed by atoms with van der Waals surface area (Å²) < 4.78 is 19.8. The second-order valence-corrected chi connectivity index (χ2v) is 28.2. The highest BCUT2D eigenvalue weighted by Crippen LogP contribution is 2.67. The standard InChI is InChI=1S/C63H98O6/c1-39(2)42-16-22-49-45(34-42)19-25-52-58(49,7)28-13-31-61(52,10)55(64)67-37-48(69-57(66)63(12)33-15-30-60(9)51-24-18-44(41(5)6)36-47(51)21-27-54(60)63)38-68-56(65)62(11)32-14-29-59(8)50-23-17-43(40(3)4)35-46(50)20-26-53(59)62/h34-36,39-44,48-54H,13-33,37-38H2,1-12H3. The first-order valence-corrected chi connectivity index (χ1v) is 29.3. The summed E-state index contributed by atoms with van der Waals surface area (Å²) >= 11 is 0. The van der Waals surface area contributed by atoms with E-state index < -0.39 is 22.3 Å². The summed E-state index contributed by atoms with van der Waals surface area (Å²) in [6, 6.07) is 0. The third-order valence-corrected chi connectivity index (χ3v) is 23.5. The number of ether oxygens (including phenoxy) is 3. The van der Waals surface area contributed by atoms with Gasteiger partial charge in [-0.2, -0.15) is 0 Å². The van der Waals surface area contributed by atoms with Crippen LogP contribution in [0.5, 0.6) is 0 Å². The zero-order valence-corrected chi connectivity index (χ0v) is 46.0. The van der Waals surface area contributed by atoms with Crippen LogP contribution in [-0.2, 0) is 28.6 Å². The topological polar surface area (TPSA) is 78.9 Å². The molecule has 0 heterocycles. The fraction of sp³-hybridized carbons (Fsp3) is 0.857. The zero-order chi connectivity index (χ0) is 49.5. The van der Waals surface area contributed by atoms with Crippen molar-refractivity contribution in [1.82, 2.24) is 0 Å². The molecule has 15 atom stereocenters. The summed E-state index contributed by atoms with van der Waals surface area (Å²) in [7, 11) is 0. The fourth-order valence-electron chi connectivity index (χ4n) is 19.3. The van der Waals surface area contributed by atoms with Crippen molar-refractivity contribution in [2.45, 2.75) is 224 Å². The van der Waals surface area contributed by atoms with Crippen molar-refractivity contribution in [3.63, 3.8) is 0 Å². The van der Waals surface area contributed by atoms with E-state index in [1.165, 1.54) is 38.5 Å². The van der Waals surface area contributed by atoms with Gasteiger partial charge in [-0.3, -0.25) is 14.4 Å². The fourth-order valence-corrected chi connectivity index (χ4v) is 19.3. The average Bonchev–Trinajstić information content (AvgIpc) is 3.31. The van der Waals surface area contributed by atoms with Gasteiger partial charge in [-0.05, 0) is 224 Å². The van der Waals surface area contributed by atoms with E-state index >= 15 is 4.79 Å². The van der Waals surface area contributed by atoms with Crippen LogP contribution in [-0.4, -0.2) is 37.2 Å². The maximum absolute atomic E-state index is 15.2. The molecule has 6 nitrogen and oxygen atoms in total. The Hall–Kier alpha value is -2.37. The molecule has 0 amide bonds. The first-order chi connectivity index (χ1) is 32.6. The molecule has 0 spiro atoms. The van der Waals surface area contributed by atoms with Crippen molar-refractivity contribution in [3.8, 4) is 0 Å². The van der Waals surface area contributed by atoms with Crippen LogP contribution in [0.3, 0.4) is 0 Å². The highest BCUT2D eigenvalue weighted by atomic mass is 16.6. The molecule has 0 N–H and O–H groups in total. The Labute approximate surface area is 420 Å². The van der Waals surface area contributed by atoms with Gasteiger partial charge in [0, 0.05) is 0 Å². The summed E-state index contributed by atoms with van der Waals surface area (Å²) in [5, 5.41) is 0. The van der Waals surface area contributed by atoms with Crippen LogP contribution in [0.15, 0.2) is 34.9 Å². The molecule has 6 fully saturated rings. The second kappa shape index (κ2) is 19.2. The number of allylic oxidation sites excluding steroid dienone is 6. The van der Waals surface area contributed by atoms with Crippen molar-refractivity contribution in [1.29, 1.82) is 0 Å². The van der Waals surface area contributed by atoms with Crippen molar-refractivity contribution < 1.29 is 28.6 Å². The molecule has 9 aliphatic rings. The monoisotopic (exact) mass is 951 g/mol. The lowest BCUT2D eigenvalue weighted by atomic mass is 9.45. The van der Waals surface area contributed by atoms with Gasteiger partial charge >= 0.3 is 17.9 Å². The van der Waals surface area contributed by atoms with Crippen LogP contribution in [0.2, 0.25) is 0 Å².